The molecule has 1 unspecified atom stereocenters. The van der Waals surface area contributed by atoms with Crippen molar-refractivity contribution in [2.24, 2.45) is 0 Å². The molecule has 168 valence electrons. The molecule has 0 saturated carbocycles. The minimum atomic E-state index is -0.792. The Bertz CT molecular complexity index is 1240. The van der Waals surface area contributed by atoms with Crippen molar-refractivity contribution in [3.8, 4) is 11.5 Å². The molecule has 0 aromatic heterocycles. The zero-order chi connectivity index (χ0) is 23.5. The first kappa shape index (κ1) is 22.4. The number of halogens is 1. The fourth-order valence-corrected chi connectivity index (χ4v) is 4.16. The lowest BCUT2D eigenvalue weighted by Gasteiger charge is -2.25. The van der Waals surface area contributed by atoms with Gasteiger partial charge in [-0.05, 0) is 41.5 Å². The maximum Gasteiger partial charge on any atom is 0.295 e. The van der Waals surface area contributed by atoms with Crippen LogP contribution in [0.4, 0.5) is 0 Å². The Morgan fingerprint density at radius 2 is 1.64 bits per heavy atom. The third-order valence-corrected chi connectivity index (χ3v) is 5.90. The lowest BCUT2D eigenvalue weighted by molar-refractivity contribution is -0.140. The van der Waals surface area contributed by atoms with Crippen LogP contribution in [-0.2, 0) is 16.1 Å². The molecule has 6 nitrogen and oxygen atoms in total. The predicted molar refractivity (Wildman–Crippen MR) is 125 cm³/mol. The number of Topliss-reactive ketones (excluding diaryl/α,β-unsaturated/α-hetero) is 1. The molecule has 1 amide bonds. The van der Waals surface area contributed by atoms with Gasteiger partial charge in [0, 0.05) is 12.1 Å². The highest BCUT2D eigenvalue weighted by Crippen LogP contribution is 2.41. The van der Waals surface area contributed by atoms with Crippen LogP contribution in [0, 0.1) is 0 Å². The maximum atomic E-state index is 13.2. The van der Waals surface area contributed by atoms with E-state index in [1.165, 1.54) is 18.1 Å². The van der Waals surface area contributed by atoms with Gasteiger partial charge in [0.15, 0.2) is 0 Å². The Kier molecular flexibility index (Phi) is 6.38. The third-order valence-electron chi connectivity index (χ3n) is 5.57. The standard InChI is InChI=1S/C26H22ClNO5/c1-32-18-10-6-7-16(13-18)15-28-23(17-8-4-3-5-9-17)22(25(30)26(28)31)24(29)20-14-19(33-2)11-12-21(20)27/h3-14,23,29H,15H2,1-2H3/b24-22+. The van der Waals surface area contributed by atoms with E-state index >= 15 is 0 Å². The summed E-state index contributed by atoms with van der Waals surface area (Å²) in [5.74, 6) is -0.721. The van der Waals surface area contributed by atoms with Crippen molar-refractivity contribution in [2.45, 2.75) is 12.6 Å². The molecule has 0 spiro atoms. The van der Waals surface area contributed by atoms with Gasteiger partial charge >= 0.3 is 0 Å². The molecule has 0 bridgehead atoms. The number of ketones is 1. The van der Waals surface area contributed by atoms with Gasteiger partial charge in [0.1, 0.15) is 17.3 Å². The molecule has 1 atom stereocenters. The third kappa shape index (κ3) is 4.30. The van der Waals surface area contributed by atoms with Crippen molar-refractivity contribution in [1.82, 2.24) is 4.90 Å². The van der Waals surface area contributed by atoms with Gasteiger partial charge in [-0.1, -0.05) is 54.1 Å². The SMILES string of the molecule is COc1cccc(CN2C(=O)C(=O)/C(=C(/O)c3cc(OC)ccc3Cl)C2c2ccccc2)c1. The molecule has 7 heteroatoms. The first-order valence-corrected chi connectivity index (χ1v) is 10.6. The number of hydrogen-bond donors (Lipinski definition) is 1. The smallest absolute Gasteiger partial charge is 0.295 e. The van der Waals surface area contributed by atoms with Crippen molar-refractivity contribution in [2.75, 3.05) is 14.2 Å². The number of carbonyl (C=O) groups is 2. The second-order valence-electron chi connectivity index (χ2n) is 7.53. The molecule has 3 aromatic rings. The summed E-state index contributed by atoms with van der Waals surface area (Å²) in [5.41, 5.74) is 1.68. The lowest BCUT2D eigenvalue weighted by Crippen LogP contribution is -2.29. The lowest BCUT2D eigenvalue weighted by atomic mass is 9.95. The largest absolute Gasteiger partial charge is 0.507 e. The highest BCUT2D eigenvalue weighted by molar-refractivity contribution is 6.47. The van der Waals surface area contributed by atoms with Gasteiger partial charge in [-0.25, -0.2) is 0 Å². The van der Waals surface area contributed by atoms with Gasteiger partial charge in [-0.3, -0.25) is 9.59 Å². The number of hydrogen-bond acceptors (Lipinski definition) is 5. The molecule has 0 aliphatic carbocycles. The van der Waals surface area contributed by atoms with E-state index in [0.717, 1.165) is 5.56 Å². The Morgan fingerprint density at radius 3 is 2.33 bits per heavy atom. The Balaban J connectivity index is 1.87. The number of benzene rings is 3. The number of ether oxygens (including phenoxy) is 2. The first-order chi connectivity index (χ1) is 15.9. The van der Waals surface area contributed by atoms with E-state index in [-0.39, 0.29) is 28.5 Å². The monoisotopic (exact) mass is 463 g/mol. The van der Waals surface area contributed by atoms with Crippen LogP contribution in [0.2, 0.25) is 5.02 Å². The zero-order valence-corrected chi connectivity index (χ0v) is 18.9. The number of likely N-dealkylation sites (tertiary alicyclic amines) is 1. The topological polar surface area (TPSA) is 76.1 Å². The summed E-state index contributed by atoms with van der Waals surface area (Å²) >= 11 is 6.33. The van der Waals surface area contributed by atoms with E-state index in [2.05, 4.69) is 0 Å². The molecule has 4 rings (SSSR count). The second kappa shape index (κ2) is 9.38. The minimum Gasteiger partial charge on any atom is -0.507 e. The number of rotatable bonds is 6. The van der Waals surface area contributed by atoms with Crippen LogP contribution in [0.25, 0.3) is 5.76 Å². The molecule has 33 heavy (non-hydrogen) atoms. The van der Waals surface area contributed by atoms with Crippen molar-refractivity contribution in [3.05, 3.63) is 100 Å². The average molecular weight is 464 g/mol. The summed E-state index contributed by atoms with van der Waals surface area (Å²) in [6, 6.07) is 20.3. The summed E-state index contributed by atoms with van der Waals surface area (Å²) < 4.78 is 10.5. The Morgan fingerprint density at radius 1 is 0.939 bits per heavy atom. The highest BCUT2D eigenvalue weighted by atomic mass is 35.5. The van der Waals surface area contributed by atoms with Crippen LogP contribution < -0.4 is 9.47 Å². The van der Waals surface area contributed by atoms with Crippen molar-refractivity contribution in [1.29, 1.82) is 0 Å². The quantitative estimate of drug-likeness (QED) is 0.317. The zero-order valence-electron chi connectivity index (χ0n) is 18.1. The van der Waals surface area contributed by atoms with Gasteiger partial charge in [0.05, 0.1) is 30.9 Å². The second-order valence-corrected chi connectivity index (χ2v) is 7.94. The molecule has 1 N–H and O–H groups in total. The summed E-state index contributed by atoms with van der Waals surface area (Å²) in [7, 11) is 3.05. The van der Waals surface area contributed by atoms with E-state index in [4.69, 9.17) is 21.1 Å². The van der Waals surface area contributed by atoms with Crippen LogP contribution in [0.1, 0.15) is 22.7 Å². The van der Waals surface area contributed by atoms with E-state index < -0.39 is 17.7 Å². The summed E-state index contributed by atoms with van der Waals surface area (Å²) in [4.78, 5) is 27.8. The summed E-state index contributed by atoms with van der Waals surface area (Å²) in [6.07, 6.45) is 0. The molecule has 0 radical (unpaired) electrons. The molecule has 1 saturated heterocycles. The fourth-order valence-electron chi connectivity index (χ4n) is 3.95. The molecule has 1 heterocycles. The number of carbonyl (C=O) groups excluding carboxylic acids is 2. The molecule has 1 fully saturated rings. The normalized spacial score (nSPS) is 17.3. The summed E-state index contributed by atoms with van der Waals surface area (Å²) in [6.45, 7) is 0.157. The molecule has 3 aromatic carbocycles. The molecular weight excluding hydrogens is 442 g/mol. The van der Waals surface area contributed by atoms with Gasteiger partial charge in [-0.2, -0.15) is 0 Å². The van der Waals surface area contributed by atoms with E-state index in [1.54, 1.807) is 31.4 Å². The van der Waals surface area contributed by atoms with Crippen LogP contribution in [0.5, 0.6) is 11.5 Å². The minimum absolute atomic E-state index is 0.0238. The first-order valence-electron chi connectivity index (χ1n) is 10.2. The van der Waals surface area contributed by atoms with Gasteiger partial charge < -0.3 is 19.5 Å². The number of amides is 1. The van der Waals surface area contributed by atoms with E-state index in [9.17, 15) is 14.7 Å². The van der Waals surface area contributed by atoms with Gasteiger partial charge in [-0.15, -0.1) is 0 Å². The van der Waals surface area contributed by atoms with Crippen molar-refractivity contribution >= 4 is 29.1 Å². The Hall–Kier alpha value is -3.77. The van der Waals surface area contributed by atoms with Crippen LogP contribution in [-0.4, -0.2) is 35.9 Å². The molecule has 1 aliphatic heterocycles. The predicted octanol–water partition coefficient (Wildman–Crippen LogP) is 4.98. The number of aliphatic hydroxyl groups is 1. The number of nitrogens with zero attached hydrogens (tertiary/aromatic N) is 1. The molecule has 1 aliphatic rings. The van der Waals surface area contributed by atoms with E-state index in [1.807, 2.05) is 42.5 Å². The van der Waals surface area contributed by atoms with Crippen molar-refractivity contribution in [3.63, 3.8) is 0 Å². The van der Waals surface area contributed by atoms with E-state index in [0.29, 0.717) is 17.1 Å². The maximum absolute atomic E-state index is 13.2. The average Bonchev–Trinajstić information content (AvgIpc) is 3.09. The van der Waals surface area contributed by atoms with Crippen LogP contribution in [0.3, 0.4) is 0 Å². The molecular formula is C26H22ClNO5. The Labute approximate surface area is 196 Å². The number of aliphatic hydroxyl groups excluding tert-OH is 1. The highest BCUT2D eigenvalue weighted by Gasteiger charge is 2.46. The van der Waals surface area contributed by atoms with Crippen LogP contribution >= 0.6 is 11.6 Å². The van der Waals surface area contributed by atoms with Gasteiger partial charge in [0.25, 0.3) is 11.7 Å². The fraction of sp³-hybridized carbons (Fsp3) is 0.154. The van der Waals surface area contributed by atoms with Crippen molar-refractivity contribution < 1.29 is 24.2 Å². The number of methoxy groups -OCH3 is 2. The van der Waals surface area contributed by atoms with Crippen LogP contribution in [0.15, 0.2) is 78.4 Å². The summed E-state index contributed by atoms with van der Waals surface area (Å²) in [5, 5.41) is 11.5. The van der Waals surface area contributed by atoms with Gasteiger partial charge in [0.2, 0.25) is 0 Å².